The fourth-order valence-electron chi connectivity index (χ4n) is 3.15. The molecule has 0 unspecified atom stereocenters. The van der Waals surface area contributed by atoms with Crippen molar-refractivity contribution in [2.75, 3.05) is 14.2 Å². The van der Waals surface area contributed by atoms with Crippen LogP contribution in [0, 0.1) is 0 Å². The van der Waals surface area contributed by atoms with Crippen molar-refractivity contribution >= 4 is 15.9 Å². The van der Waals surface area contributed by atoms with E-state index in [9.17, 15) is 13.2 Å². The van der Waals surface area contributed by atoms with E-state index in [1.54, 1.807) is 61.8 Å². The van der Waals surface area contributed by atoms with Crippen LogP contribution in [0.2, 0.25) is 0 Å². The number of amides is 1. The highest BCUT2D eigenvalue weighted by molar-refractivity contribution is 7.89. The van der Waals surface area contributed by atoms with Crippen LogP contribution in [0.5, 0.6) is 5.75 Å². The number of sulfonamides is 1. The van der Waals surface area contributed by atoms with Gasteiger partial charge in [0.1, 0.15) is 5.75 Å². The molecule has 31 heavy (non-hydrogen) atoms. The van der Waals surface area contributed by atoms with E-state index < -0.39 is 16.1 Å². The molecule has 0 saturated carbocycles. The van der Waals surface area contributed by atoms with Crippen LogP contribution in [0.4, 0.5) is 0 Å². The Balaban J connectivity index is 1.84. The summed E-state index contributed by atoms with van der Waals surface area (Å²) >= 11 is 0. The molecule has 0 aliphatic carbocycles. The first kappa shape index (κ1) is 22.5. The zero-order valence-electron chi connectivity index (χ0n) is 17.4. The maximum atomic E-state index is 13.2. The number of carbonyl (C=O) groups is 1. The summed E-state index contributed by atoms with van der Waals surface area (Å²) in [5.74, 6) is 0.372. The lowest BCUT2D eigenvalue weighted by molar-refractivity contribution is -0.122. The average Bonchev–Trinajstić information content (AvgIpc) is 2.82. The summed E-state index contributed by atoms with van der Waals surface area (Å²) < 4.78 is 32.8. The highest BCUT2D eigenvalue weighted by atomic mass is 32.2. The van der Waals surface area contributed by atoms with Crippen molar-refractivity contribution in [1.29, 1.82) is 0 Å². The molecule has 7 nitrogen and oxygen atoms in total. The second-order valence-electron chi connectivity index (χ2n) is 6.93. The molecule has 162 valence electrons. The van der Waals surface area contributed by atoms with E-state index in [1.807, 2.05) is 12.1 Å². The molecular formula is C23H25N3O4S. The third-order valence-electron chi connectivity index (χ3n) is 4.93. The molecule has 3 aromatic rings. The Hall–Kier alpha value is -3.23. The maximum absolute atomic E-state index is 13.2. The molecule has 1 heterocycles. The van der Waals surface area contributed by atoms with Crippen LogP contribution in [-0.4, -0.2) is 37.8 Å². The first-order valence-electron chi connectivity index (χ1n) is 9.75. The second kappa shape index (κ2) is 10.2. The normalized spacial score (nSPS) is 12.4. The molecular weight excluding hydrogens is 414 g/mol. The van der Waals surface area contributed by atoms with Gasteiger partial charge in [-0.3, -0.25) is 9.78 Å². The smallest absolute Gasteiger partial charge is 0.243 e. The predicted octanol–water partition coefficient (Wildman–Crippen LogP) is 3.16. The summed E-state index contributed by atoms with van der Waals surface area (Å²) in [7, 11) is -0.757. The van der Waals surface area contributed by atoms with Gasteiger partial charge in [-0.25, -0.2) is 8.42 Å². The van der Waals surface area contributed by atoms with Gasteiger partial charge in [0, 0.05) is 19.7 Å². The van der Waals surface area contributed by atoms with Crippen LogP contribution in [-0.2, 0) is 21.4 Å². The highest BCUT2D eigenvalue weighted by Crippen LogP contribution is 2.30. The fourth-order valence-corrected chi connectivity index (χ4v) is 4.51. The Kier molecular flexibility index (Phi) is 7.38. The largest absolute Gasteiger partial charge is 0.497 e. The number of pyridine rings is 1. The minimum absolute atomic E-state index is 0.0400. The van der Waals surface area contributed by atoms with Crippen molar-refractivity contribution in [3.63, 3.8) is 0 Å². The molecule has 0 fully saturated rings. The lowest BCUT2D eigenvalue weighted by Crippen LogP contribution is -2.35. The molecule has 1 N–H and O–H groups in total. The van der Waals surface area contributed by atoms with Crippen LogP contribution in [0.25, 0.3) is 0 Å². The Morgan fingerprint density at radius 3 is 2.32 bits per heavy atom. The number of methoxy groups -OCH3 is 1. The number of carbonyl (C=O) groups excluding carboxylic acids is 1. The Bertz CT molecular complexity index is 1090. The van der Waals surface area contributed by atoms with Gasteiger partial charge in [-0.05, 0) is 42.0 Å². The van der Waals surface area contributed by atoms with Gasteiger partial charge >= 0.3 is 0 Å². The lowest BCUT2D eigenvalue weighted by atomic mass is 10.0. The molecule has 1 aromatic heterocycles. The van der Waals surface area contributed by atoms with E-state index in [4.69, 9.17) is 4.74 Å². The average molecular weight is 440 g/mol. The van der Waals surface area contributed by atoms with Crippen LogP contribution in [0.1, 0.15) is 23.7 Å². The second-order valence-corrected chi connectivity index (χ2v) is 8.92. The quantitative estimate of drug-likeness (QED) is 0.553. The van der Waals surface area contributed by atoms with Crippen molar-refractivity contribution in [2.45, 2.75) is 23.9 Å². The molecule has 0 aliphatic rings. The van der Waals surface area contributed by atoms with E-state index in [1.165, 1.54) is 23.5 Å². The van der Waals surface area contributed by atoms with Crippen molar-refractivity contribution in [1.82, 2.24) is 14.6 Å². The number of benzene rings is 2. The van der Waals surface area contributed by atoms with Gasteiger partial charge in [0.05, 0.1) is 30.3 Å². The first-order chi connectivity index (χ1) is 14.9. The third-order valence-corrected chi connectivity index (χ3v) is 6.81. The van der Waals surface area contributed by atoms with Gasteiger partial charge in [0.25, 0.3) is 0 Å². The Morgan fingerprint density at radius 1 is 1.03 bits per heavy atom. The topological polar surface area (TPSA) is 88.6 Å². The standard InChI is InChI=1S/C23H25N3O4S/c1-26(31(28,29)21-9-4-3-5-10-21)22(18-11-13-20(30-2)14-12-18)16-23(27)25-17-19-8-6-7-15-24-19/h3-15,22H,16-17H2,1-2H3,(H,25,27)/t22-/m0/s1. The molecule has 0 aliphatic heterocycles. The van der Waals surface area contributed by atoms with Crippen LogP contribution in [0.15, 0.2) is 83.9 Å². The molecule has 1 amide bonds. The molecule has 2 aromatic carbocycles. The first-order valence-corrected chi connectivity index (χ1v) is 11.2. The predicted molar refractivity (Wildman–Crippen MR) is 118 cm³/mol. The van der Waals surface area contributed by atoms with Gasteiger partial charge in [-0.2, -0.15) is 4.31 Å². The molecule has 0 spiro atoms. The van der Waals surface area contributed by atoms with Crippen LogP contribution in [0.3, 0.4) is 0 Å². The Labute approximate surface area is 182 Å². The summed E-state index contributed by atoms with van der Waals surface area (Å²) in [6.07, 6.45) is 1.61. The zero-order valence-corrected chi connectivity index (χ0v) is 18.2. The molecule has 0 bridgehead atoms. The molecule has 3 rings (SSSR count). The number of hydrogen-bond acceptors (Lipinski definition) is 5. The van der Waals surface area contributed by atoms with E-state index >= 15 is 0 Å². The van der Waals surface area contributed by atoms with Gasteiger partial charge in [-0.1, -0.05) is 36.4 Å². The van der Waals surface area contributed by atoms with Crippen molar-refractivity contribution < 1.29 is 17.9 Å². The zero-order chi connectivity index (χ0) is 22.3. The number of aromatic nitrogens is 1. The van der Waals surface area contributed by atoms with Crippen molar-refractivity contribution in [3.8, 4) is 5.75 Å². The number of nitrogens with zero attached hydrogens (tertiary/aromatic N) is 2. The summed E-state index contributed by atoms with van der Waals surface area (Å²) in [4.78, 5) is 17.1. The van der Waals surface area contributed by atoms with Crippen molar-refractivity contribution in [2.24, 2.45) is 0 Å². The van der Waals surface area contributed by atoms with E-state index in [2.05, 4.69) is 10.3 Å². The summed E-state index contributed by atoms with van der Waals surface area (Å²) in [5, 5.41) is 2.82. The monoisotopic (exact) mass is 439 g/mol. The minimum atomic E-state index is -3.81. The van der Waals surface area contributed by atoms with Crippen LogP contribution >= 0.6 is 0 Å². The SMILES string of the molecule is COc1ccc([C@H](CC(=O)NCc2ccccn2)N(C)S(=O)(=O)c2ccccc2)cc1. The number of nitrogens with one attached hydrogen (secondary N) is 1. The van der Waals surface area contributed by atoms with E-state index in [-0.39, 0.29) is 23.8 Å². The summed E-state index contributed by atoms with van der Waals surface area (Å²) in [5.41, 5.74) is 1.41. The Morgan fingerprint density at radius 2 is 1.71 bits per heavy atom. The molecule has 1 atom stereocenters. The van der Waals surface area contributed by atoms with Gasteiger partial charge < -0.3 is 10.1 Å². The molecule has 0 radical (unpaired) electrons. The lowest BCUT2D eigenvalue weighted by Gasteiger charge is -2.28. The van der Waals surface area contributed by atoms with Gasteiger partial charge in [-0.15, -0.1) is 0 Å². The highest BCUT2D eigenvalue weighted by Gasteiger charge is 2.30. The van der Waals surface area contributed by atoms with E-state index in [0.29, 0.717) is 11.3 Å². The van der Waals surface area contributed by atoms with Crippen molar-refractivity contribution in [3.05, 3.63) is 90.3 Å². The number of ether oxygens (including phenoxy) is 1. The fraction of sp³-hybridized carbons (Fsp3) is 0.217. The number of hydrogen-bond donors (Lipinski definition) is 1. The number of rotatable bonds is 9. The summed E-state index contributed by atoms with van der Waals surface area (Å²) in [6.45, 7) is 0.268. The minimum Gasteiger partial charge on any atom is -0.497 e. The third kappa shape index (κ3) is 5.68. The molecule has 8 heteroatoms. The molecule has 0 saturated heterocycles. The van der Waals surface area contributed by atoms with Crippen LogP contribution < -0.4 is 10.1 Å². The van der Waals surface area contributed by atoms with Gasteiger partial charge in [0.15, 0.2) is 0 Å². The van der Waals surface area contributed by atoms with Gasteiger partial charge in [0.2, 0.25) is 15.9 Å². The summed E-state index contributed by atoms with van der Waals surface area (Å²) in [6, 6.07) is 20.0. The van der Waals surface area contributed by atoms with E-state index in [0.717, 1.165) is 5.69 Å². The maximum Gasteiger partial charge on any atom is 0.243 e.